The maximum atomic E-state index is 9.30. The first kappa shape index (κ1) is 13.2. The zero-order chi connectivity index (χ0) is 13.2. The van der Waals surface area contributed by atoms with Crippen molar-refractivity contribution in [3.05, 3.63) is 29.0 Å². The summed E-state index contributed by atoms with van der Waals surface area (Å²) in [5.74, 6) is 0. The first-order valence-electron chi connectivity index (χ1n) is 5.48. The van der Waals surface area contributed by atoms with Gasteiger partial charge in [-0.15, -0.1) is 0 Å². The van der Waals surface area contributed by atoms with E-state index in [0.29, 0.717) is 5.52 Å². The second-order valence-electron chi connectivity index (χ2n) is 4.38. The quantitative estimate of drug-likeness (QED) is 0.798. The maximum absolute atomic E-state index is 9.30. The van der Waals surface area contributed by atoms with Crippen molar-refractivity contribution >= 4 is 32.7 Å². The Balaban J connectivity index is 2.45. The molecule has 2 heterocycles. The normalized spacial score (nSPS) is 11.8. The predicted molar refractivity (Wildman–Crippen MR) is 73.4 cm³/mol. The highest BCUT2D eigenvalue weighted by molar-refractivity contribution is 9.10. The van der Waals surface area contributed by atoms with Crippen LogP contribution in [0.2, 0.25) is 0 Å². The minimum Gasteiger partial charge on any atom is -0.394 e. The van der Waals surface area contributed by atoms with E-state index < -0.39 is 5.54 Å². The van der Waals surface area contributed by atoms with Crippen LogP contribution in [-0.2, 0) is 0 Å². The third kappa shape index (κ3) is 2.60. The summed E-state index contributed by atoms with van der Waals surface area (Å²) in [5.41, 5.74) is 1.39. The number of anilines is 1. The highest BCUT2D eigenvalue weighted by Crippen LogP contribution is 2.24. The van der Waals surface area contributed by atoms with E-state index in [2.05, 4.69) is 31.2 Å². The lowest BCUT2D eigenvalue weighted by Gasteiger charge is -2.27. The summed E-state index contributed by atoms with van der Waals surface area (Å²) < 4.78 is 0.853. The molecule has 0 aromatic carbocycles. The van der Waals surface area contributed by atoms with E-state index in [1.807, 2.05) is 6.07 Å². The minimum absolute atomic E-state index is 0.177. The number of aromatic nitrogens is 2. The second-order valence-corrected chi connectivity index (χ2v) is 5.30. The van der Waals surface area contributed by atoms with E-state index in [-0.39, 0.29) is 13.2 Å². The summed E-state index contributed by atoms with van der Waals surface area (Å²) in [6, 6.07) is 3.63. The fourth-order valence-corrected chi connectivity index (χ4v) is 1.88. The van der Waals surface area contributed by atoms with Gasteiger partial charge in [0.05, 0.1) is 30.0 Å². The lowest BCUT2D eigenvalue weighted by molar-refractivity contribution is 0.147. The van der Waals surface area contributed by atoms with Crippen LogP contribution in [0.1, 0.15) is 6.92 Å². The summed E-state index contributed by atoms with van der Waals surface area (Å²) in [5, 5.41) is 21.7. The molecule has 0 spiro atoms. The molecular weight excluding hydrogens is 298 g/mol. The predicted octanol–water partition coefficient (Wildman–Crippen LogP) is 1.55. The van der Waals surface area contributed by atoms with Crippen LogP contribution in [0.5, 0.6) is 0 Å². The van der Waals surface area contributed by atoms with Crippen molar-refractivity contribution in [3.8, 4) is 0 Å². The van der Waals surface area contributed by atoms with Crippen molar-refractivity contribution in [3.63, 3.8) is 0 Å². The van der Waals surface area contributed by atoms with Gasteiger partial charge < -0.3 is 15.5 Å². The maximum Gasteiger partial charge on any atom is 0.112 e. The summed E-state index contributed by atoms with van der Waals surface area (Å²) in [4.78, 5) is 8.53. The van der Waals surface area contributed by atoms with Crippen LogP contribution in [-0.4, -0.2) is 38.9 Å². The molecule has 2 aromatic rings. The number of aliphatic hydroxyl groups is 2. The number of aliphatic hydroxyl groups excluding tert-OH is 2. The summed E-state index contributed by atoms with van der Waals surface area (Å²) in [7, 11) is 0. The highest BCUT2D eigenvalue weighted by atomic mass is 79.9. The van der Waals surface area contributed by atoms with Crippen molar-refractivity contribution in [2.75, 3.05) is 18.5 Å². The Morgan fingerprint density at radius 2 is 2.06 bits per heavy atom. The van der Waals surface area contributed by atoms with Crippen LogP contribution in [0.3, 0.4) is 0 Å². The molecule has 0 fully saturated rings. The molecule has 0 saturated carbocycles. The van der Waals surface area contributed by atoms with Crippen molar-refractivity contribution in [1.82, 2.24) is 9.97 Å². The molecule has 2 aromatic heterocycles. The van der Waals surface area contributed by atoms with Crippen LogP contribution in [0.25, 0.3) is 11.0 Å². The number of nitrogens with one attached hydrogen (secondary N) is 1. The van der Waals surface area contributed by atoms with Gasteiger partial charge >= 0.3 is 0 Å². The summed E-state index contributed by atoms with van der Waals surface area (Å²) >= 11 is 3.34. The molecule has 3 N–H and O–H groups in total. The molecule has 5 nitrogen and oxygen atoms in total. The molecule has 6 heteroatoms. The van der Waals surface area contributed by atoms with E-state index in [1.165, 1.54) is 0 Å². The molecule has 0 aliphatic heterocycles. The Kier molecular flexibility index (Phi) is 3.79. The van der Waals surface area contributed by atoms with E-state index >= 15 is 0 Å². The Hall–Kier alpha value is -1.24. The third-order valence-electron chi connectivity index (χ3n) is 2.68. The number of halogens is 1. The zero-order valence-electron chi connectivity index (χ0n) is 9.89. The minimum atomic E-state index is -0.789. The first-order chi connectivity index (χ1) is 8.58. The molecule has 0 bridgehead atoms. The van der Waals surface area contributed by atoms with E-state index in [0.717, 1.165) is 15.7 Å². The average molecular weight is 312 g/mol. The van der Waals surface area contributed by atoms with Crippen molar-refractivity contribution in [2.24, 2.45) is 0 Å². The van der Waals surface area contributed by atoms with Gasteiger partial charge in [-0.1, -0.05) is 0 Å². The standard InChI is InChI=1S/C12H14BrN3O2/c1-12(6-17,7-18)16-9-2-3-14-10-4-8(13)5-15-11(9)10/h2-5,17-18H,6-7H2,1H3,(H,14,16). The van der Waals surface area contributed by atoms with Crippen molar-refractivity contribution < 1.29 is 10.2 Å². The van der Waals surface area contributed by atoms with Gasteiger partial charge in [0.2, 0.25) is 0 Å². The largest absolute Gasteiger partial charge is 0.394 e. The smallest absolute Gasteiger partial charge is 0.112 e. The van der Waals surface area contributed by atoms with Gasteiger partial charge in [-0.25, -0.2) is 0 Å². The number of hydrogen-bond donors (Lipinski definition) is 3. The molecule has 0 unspecified atom stereocenters. The molecule has 0 amide bonds. The molecule has 0 aliphatic carbocycles. The Morgan fingerprint density at radius 1 is 1.33 bits per heavy atom. The molecule has 18 heavy (non-hydrogen) atoms. The number of rotatable bonds is 4. The van der Waals surface area contributed by atoms with Crippen LogP contribution >= 0.6 is 15.9 Å². The van der Waals surface area contributed by atoms with E-state index in [1.54, 1.807) is 25.4 Å². The SMILES string of the molecule is CC(CO)(CO)Nc1ccnc2cc(Br)cnc12. The fraction of sp³-hybridized carbons (Fsp3) is 0.333. The Labute approximate surface area is 113 Å². The highest BCUT2D eigenvalue weighted by Gasteiger charge is 2.22. The van der Waals surface area contributed by atoms with E-state index in [4.69, 9.17) is 0 Å². The molecule has 2 rings (SSSR count). The van der Waals surface area contributed by atoms with Crippen LogP contribution < -0.4 is 5.32 Å². The molecule has 0 radical (unpaired) electrons. The number of fused-ring (bicyclic) bond motifs is 1. The topological polar surface area (TPSA) is 78.3 Å². The van der Waals surface area contributed by atoms with Crippen LogP contribution in [0, 0.1) is 0 Å². The molecular formula is C12H14BrN3O2. The van der Waals surface area contributed by atoms with Gasteiger partial charge in [0, 0.05) is 16.9 Å². The molecule has 96 valence electrons. The molecule has 0 aliphatic rings. The average Bonchev–Trinajstić information content (AvgIpc) is 2.38. The Morgan fingerprint density at radius 3 is 2.72 bits per heavy atom. The molecule has 0 atom stereocenters. The second kappa shape index (κ2) is 5.17. The number of nitrogens with zero attached hydrogens (tertiary/aromatic N) is 2. The van der Waals surface area contributed by atoms with Gasteiger partial charge in [0.1, 0.15) is 5.52 Å². The van der Waals surface area contributed by atoms with Crippen LogP contribution in [0.15, 0.2) is 29.0 Å². The van der Waals surface area contributed by atoms with E-state index in [9.17, 15) is 10.2 Å². The fourth-order valence-electron chi connectivity index (χ4n) is 1.56. The first-order valence-corrected chi connectivity index (χ1v) is 6.27. The summed E-state index contributed by atoms with van der Waals surface area (Å²) in [6.07, 6.45) is 3.35. The van der Waals surface area contributed by atoms with Crippen molar-refractivity contribution in [2.45, 2.75) is 12.5 Å². The van der Waals surface area contributed by atoms with Gasteiger partial charge in [-0.05, 0) is 35.0 Å². The zero-order valence-corrected chi connectivity index (χ0v) is 11.5. The summed E-state index contributed by atoms with van der Waals surface area (Å²) in [6.45, 7) is 1.38. The number of hydrogen-bond acceptors (Lipinski definition) is 5. The van der Waals surface area contributed by atoms with Gasteiger partial charge in [-0.3, -0.25) is 9.97 Å². The van der Waals surface area contributed by atoms with Gasteiger partial charge in [-0.2, -0.15) is 0 Å². The van der Waals surface area contributed by atoms with Gasteiger partial charge in [0.15, 0.2) is 0 Å². The lowest BCUT2D eigenvalue weighted by Crippen LogP contribution is -2.42. The van der Waals surface area contributed by atoms with Crippen molar-refractivity contribution in [1.29, 1.82) is 0 Å². The third-order valence-corrected chi connectivity index (χ3v) is 3.11. The van der Waals surface area contributed by atoms with Gasteiger partial charge in [0.25, 0.3) is 0 Å². The monoisotopic (exact) mass is 311 g/mol. The van der Waals surface area contributed by atoms with Crippen LogP contribution in [0.4, 0.5) is 5.69 Å². The Bertz CT molecular complexity index is 558. The molecule has 0 saturated heterocycles. The lowest BCUT2D eigenvalue weighted by atomic mass is 10.0. The number of pyridine rings is 2.